The first-order chi connectivity index (χ1) is 7.16. The number of phenolic OH excluding ortho intramolecular Hbond substituents is 1. The molecule has 4 heteroatoms. The Morgan fingerprint density at radius 1 is 1.40 bits per heavy atom. The molecule has 2 rings (SSSR count). The maximum Gasteiger partial charge on any atom is 0.175 e. The minimum absolute atomic E-state index is 0.0354. The van der Waals surface area contributed by atoms with Gasteiger partial charge < -0.3 is 5.11 Å². The Labute approximate surface area is 97.0 Å². The van der Waals surface area contributed by atoms with E-state index in [0.29, 0.717) is 21.1 Å². The fourth-order valence-corrected chi connectivity index (χ4v) is 2.52. The minimum atomic E-state index is 0.0354. The summed E-state index contributed by atoms with van der Waals surface area (Å²) in [5, 5.41) is 9.53. The van der Waals surface area contributed by atoms with E-state index < -0.39 is 0 Å². The zero-order valence-electron chi connectivity index (χ0n) is 7.77. The molecule has 76 valence electrons. The second-order valence-corrected chi connectivity index (χ2v) is 5.03. The minimum Gasteiger partial charge on any atom is -0.507 e. The smallest absolute Gasteiger partial charge is 0.175 e. The first kappa shape index (κ1) is 10.4. The van der Waals surface area contributed by atoms with Gasteiger partial charge in [-0.1, -0.05) is 42.2 Å². The van der Waals surface area contributed by atoms with Crippen LogP contribution in [0.5, 0.6) is 5.75 Å². The van der Waals surface area contributed by atoms with Crippen LogP contribution in [0, 0.1) is 0 Å². The molecule has 1 saturated heterocycles. The molecule has 1 aromatic rings. The Balaban J connectivity index is 2.35. The normalized spacial score (nSPS) is 18.8. The number of allylic oxidation sites excluding steroid dienone is 1. The number of ketones is 1. The number of para-hydroxylation sites is 1. The lowest BCUT2D eigenvalue weighted by Crippen LogP contribution is -1.91. The molecule has 0 atom stereocenters. The summed E-state index contributed by atoms with van der Waals surface area (Å²) < 4.78 is 0.696. The number of carbonyl (C=O) groups is 1. The van der Waals surface area contributed by atoms with E-state index >= 15 is 0 Å². The number of carbonyl (C=O) groups excluding carboxylic acids is 1. The van der Waals surface area contributed by atoms with Crippen molar-refractivity contribution in [1.29, 1.82) is 0 Å². The van der Waals surface area contributed by atoms with Gasteiger partial charge in [0.1, 0.15) is 5.75 Å². The SMILES string of the molecule is O=C1CC(=S)SC1=Cc1ccccc1O. The van der Waals surface area contributed by atoms with Crippen LogP contribution >= 0.6 is 24.0 Å². The van der Waals surface area contributed by atoms with Gasteiger partial charge in [-0.05, 0) is 12.1 Å². The molecule has 1 aliphatic rings. The molecule has 1 heterocycles. The van der Waals surface area contributed by atoms with Crippen molar-refractivity contribution >= 4 is 40.0 Å². The highest BCUT2D eigenvalue weighted by atomic mass is 32.2. The van der Waals surface area contributed by atoms with E-state index in [1.807, 2.05) is 6.07 Å². The molecule has 0 radical (unpaired) electrons. The molecule has 1 N–H and O–H groups in total. The van der Waals surface area contributed by atoms with Crippen molar-refractivity contribution in [2.24, 2.45) is 0 Å². The highest BCUT2D eigenvalue weighted by molar-refractivity contribution is 8.27. The summed E-state index contributed by atoms with van der Waals surface area (Å²) in [4.78, 5) is 12.1. The number of benzene rings is 1. The van der Waals surface area contributed by atoms with E-state index in [1.54, 1.807) is 24.3 Å². The second-order valence-electron chi connectivity index (χ2n) is 3.14. The molecular formula is C11H8O2S2. The maximum absolute atomic E-state index is 11.4. The quantitative estimate of drug-likeness (QED) is 0.601. The van der Waals surface area contributed by atoms with Crippen molar-refractivity contribution in [3.8, 4) is 5.75 Å². The van der Waals surface area contributed by atoms with Crippen LogP contribution in [0.2, 0.25) is 0 Å². The highest BCUT2D eigenvalue weighted by Gasteiger charge is 2.22. The van der Waals surface area contributed by atoms with Crippen LogP contribution in [0.3, 0.4) is 0 Å². The molecule has 0 amide bonds. The number of rotatable bonds is 1. The lowest BCUT2D eigenvalue weighted by atomic mass is 10.1. The topological polar surface area (TPSA) is 37.3 Å². The summed E-state index contributed by atoms with van der Waals surface area (Å²) in [6.07, 6.45) is 2.01. The summed E-state index contributed by atoms with van der Waals surface area (Å²) in [6.45, 7) is 0. The van der Waals surface area contributed by atoms with Gasteiger partial charge in [-0.25, -0.2) is 0 Å². The average molecular weight is 236 g/mol. The van der Waals surface area contributed by atoms with Gasteiger partial charge in [0.15, 0.2) is 5.78 Å². The number of Topliss-reactive ketones (excluding diaryl/α,β-unsaturated/α-hetero) is 1. The number of hydrogen-bond donors (Lipinski definition) is 1. The maximum atomic E-state index is 11.4. The first-order valence-corrected chi connectivity index (χ1v) is 5.63. The Morgan fingerprint density at radius 2 is 2.13 bits per heavy atom. The largest absolute Gasteiger partial charge is 0.507 e. The van der Waals surface area contributed by atoms with Gasteiger partial charge in [0, 0.05) is 5.56 Å². The van der Waals surface area contributed by atoms with E-state index in [2.05, 4.69) is 0 Å². The van der Waals surface area contributed by atoms with Gasteiger partial charge in [0.2, 0.25) is 0 Å². The van der Waals surface area contributed by atoms with Crippen LogP contribution in [-0.2, 0) is 4.79 Å². The lowest BCUT2D eigenvalue weighted by molar-refractivity contribution is -0.113. The van der Waals surface area contributed by atoms with Crippen molar-refractivity contribution < 1.29 is 9.90 Å². The van der Waals surface area contributed by atoms with Gasteiger partial charge in [-0.2, -0.15) is 0 Å². The van der Waals surface area contributed by atoms with Gasteiger partial charge >= 0.3 is 0 Å². The Morgan fingerprint density at radius 3 is 2.73 bits per heavy atom. The number of thiocarbonyl (C=S) groups is 1. The van der Waals surface area contributed by atoms with Crippen LogP contribution in [0.4, 0.5) is 0 Å². The fraction of sp³-hybridized carbons (Fsp3) is 0.0909. The molecule has 15 heavy (non-hydrogen) atoms. The molecule has 0 aromatic heterocycles. The molecule has 0 spiro atoms. The van der Waals surface area contributed by atoms with E-state index in [-0.39, 0.29) is 11.5 Å². The average Bonchev–Trinajstić information content (AvgIpc) is 2.49. The van der Waals surface area contributed by atoms with Gasteiger partial charge in [0.25, 0.3) is 0 Å². The van der Waals surface area contributed by atoms with Crippen molar-refractivity contribution in [3.63, 3.8) is 0 Å². The molecule has 1 aromatic carbocycles. The van der Waals surface area contributed by atoms with Gasteiger partial charge in [0.05, 0.1) is 15.5 Å². The zero-order valence-corrected chi connectivity index (χ0v) is 9.40. The lowest BCUT2D eigenvalue weighted by Gasteiger charge is -1.98. The molecule has 0 unspecified atom stereocenters. The number of phenols is 1. The standard InChI is InChI=1S/C11H8O2S2/c12-8-4-2-1-3-7(8)5-10-9(13)6-11(14)15-10/h1-5,12H,6H2. The van der Waals surface area contributed by atoms with Crippen LogP contribution in [0.25, 0.3) is 6.08 Å². The Bertz CT molecular complexity index is 463. The molecule has 1 fully saturated rings. The first-order valence-electron chi connectivity index (χ1n) is 4.40. The fourth-order valence-electron chi connectivity index (χ4n) is 1.29. The van der Waals surface area contributed by atoms with Crippen LogP contribution in [0.1, 0.15) is 12.0 Å². The summed E-state index contributed by atoms with van der Waals surface area (Å²) in [7, 11) is 0. The Kier molecular flexibility index (Phi) is 2.88. The molecule has 2 nitrogen and oxygen atoms in total. The van der Waals surface area contributed by atoms with Gasteiger partial charge in [-0.15, -0.1) is 0 Å². The van der Waals surface area contributed by atoms with Crippen molar-refractivity contribution in [1.82, 2.24) is 0 Å². The van der Waals surface area contributed by atoms with Crippen LogP contribution in [0.15, 0.2) is 29.2 Å². The Hall–Kier alpha value is -1.13. The highest BCUT2D eigenvalue weighted by Crippen LogP contribution is 2.33. The molecule has 1 aliphatic heterocycles. The third kappa shape index (κ3) is 2.27. The molecule has 0 bridgehead atoms. The van der Waals surface area contributed by atoms with Crippen molar-refractivity contribution in [2.75, 3.05) is 0 Å². The third-order valence-electron chi connectivity index (χ3n) is 2.03. The van der Waals surface area contributed by atoms with E-state index in [1.165, 1.54) is 11.8 Å². The number of thioether (sulfide) groups is 1. The number of hydrogen-bond acceptors (Lipinski definition) is 4. The summed E-state index contributed by atoms with van der Waals surface area (Å²) in [5.74, 6) is 0.212. The van der Waals surface area contributed by atoms with Crippen LogP contribution < -0.4 is 0 Å². The van der Waals surface area contributed by atoms with Crippen LogP contribution in [-0.4, -0.2) is 15.1 Å². The molecule has 0 aliphatic carbocycles. The van der Waals surface area contributed by atoms with Crippen molar-refractivity contribution in [2.45, 2.75) is 6.42 Å². The molecule has 0 saturated carbocycles. The number of aromatic hydroxyl groups is 1. The van der Waals surface area contributed by atoms with E-state index in [0.717, 1.165) is 0 Å². The summed E-state index contributed by atoms with van der Waals surface area (Å²) in [5.41, 5.74) is 0.651. The van der Waals surface area contributed by atoms with Crippen molar-refractivity contribution in [3.05, 3.63) is 34.7 Å². The second kappa shape index (κ2) is 4.16. The monoisotopic (exact) mass is 236 g/mol. The van der Waals surface area contributed by atoms with E-state index in [4.69, 9.17) is 12.2 Å². The predicted octanol–water partition coefficient (Wildman–Crippen LogP) is 2.77. The molecular weight excluding hydrogens is 228 g/mol. The third-order valence-corrected chi connectivity index (χ3v) is 3.36. The summed E-state index contributed by atoms with van der Waals surface area (Å²) in [6, 6.07) is 6.91. The summed E-state index contributed by atoms with van der Waals surface area (Å²) >= 11 is 6.27. The zero-order chi connectivity index (χ0) is 10.8. The van der Waals surface area contributed by atoms with E-state index in [9.17, 15) is 9.90 Å². The predicted molar refractivity (Wildman–Crippen MR) is 65.9 cm³/mol. The van der Waals surface area contributed by atoms with Gasteiger partial charge in [-0.3, -0.25) is 4.79 Å².